The molecule has 1 aromatic rings. The summed E-state index contributed by atoms with van der Waals surface area (Å²) in [5, 5.41) is 10.2. The van der Waals surface area contributed by atoms with E-state index in [4.69, 9.17) is 14.2 Å². The van der Waals surface area contributed by atoms with E-state index in [1.54, 1.807) is 19.1 Å². The van der Waals surface area contributed by atoms with Gasteiger partial charge in [0.2, 0.25) is 12.5 Å². The van der Waals surface area contributed by atoms with Crippen LogP contribution in [0.15, 0.2) is 12.1 Å². The maximum atomic E-state index is 11.4. The summed E-state index contributed by atoms with van der Waals surface area (Å²) in [6.07, 6.45) is -0.553. The van der Waals surface area contributed by atoms with E-state index in [9.17, 15) is 9.90 Å². The first kappa shape index (κ1) is 14.5. The Balaban J connectivity index is 2.18. The summed E-state index contributed by atoms with van der Waals surface area (Å²) in [5.41, 5.74) is 0.613. The first-order chi connectivity index (χ1) is 9.56. The Morgan fingerprint density at radius 3 is 2.80 bits per heavy atom. The highest BCUT2D eigenvalue weighted by Gasteiger charge is 2.24. The third-order valence-electron chi connectivity index (χ3n) is 3.25. The van der Waals surface area contributed by atoms with Crippen molar-refractivity contribution in [1.29, 1.82) is 0 Å². The van der Waals surface area contributed by atoms with Gasteiger partial charge in [0, 0.05) is 0 Å². The molecule has 0 bridgehead atoms. The summed E-state index contributed by atoms with van der Waals surface area (Å²) in [7, 11) is 2.85. The number of aliphatic hydroxyl groups excluding tert-OH is 1. The average molecular weight is 282 g/mol. The van der Waals surface area contributed by atoms with Gasteiger partial charge in [0.15, 0.2) is 11.5 Å². The Morgan fingerprint density at radius 1 is 1.40 bits per heavy atom. The van der Waals surface area contributed by atoms with Crippen LogP contribution in [0, 0.1) is 5.92 Å². The molecule has 1 aliphatic rings. The van der Waals surface area contributed by atoms with Crippen molar-refractivity contribution in [2.24, 2.45) is 5.92 Å². The molecule has 1 N–H and O–H groups in total. The van der Waals surface area contributed by atoms with Crippen LogP contribution >= 0.6 is 0 Å². The maximum absolute atomic E-state index is 11.4. The number of hydrogen-bond donors (Lipinski definition) is 1. The molecule has 6 heteroatoms. The van der Waals surface area contributed by atoms with Crippen molar-refractivity contribution in [3.05, 3.63) is 17.7 Å². The van der Waals surface area contributed by atoms with Crippen LogP contribution in [-0.4, -0.2) is 32.1 Å². The van der Waals surface area contributed by atoms with Crippen molar-refractivity contribution in [1.82, 2.24) is 0 Å². The number of ether oxygens (including phenoxy) is 4. The van der Waals surface area contributed by atoms with Crippen molar-refractivity contribution in [3.8, 4) is 17.2 Å². The van der Waals surface area contributed by atoms with Gasteiger partial charge in [0.1, 0.15) is 0 Å². The van der Waals surface area contributed by atoms with Gasteiger partial charge in [0.05, 0.1) is 26.2 Å². The molecular formula is C14H18O6. The van der Waals surface area contributed by atoms with Gasteiger partial charge in [-0.1, -0.05) is 6.92 Å². The summed E-state index contributed by atoms with van der Waals surface area (Å²) in [5.74, 6) is 0.816. The Bertz CT molecular complexity index is 499. The van der Waals surface area contributed by atoms with Gasteiger partial charge in [-0.05, 0) is 24.1 Å². The first-order valence-corrected chi connectivity index (χ1v) is 6.30. The van der Waals surface area contributed by atoms with Gasteiger partial charge >= 0.3 is 5.97 Å². The van der Waals surface area contributed by atoms with Crippen molar-refractivity contribution in [2.45, 2.75) is 19.4 Å². The average Bonchev–Trinajstić information content (AvgIpc) is 2.93. The lowest BCUT2D eigenvalue weighted by atomic mass is 9.97. The smallest absolute Gasteiger partial charge is 0.308 e. The van der Waals surface area contributed by atoms with E-state index in [0.29, 0.717) is 22.8 Å². The Hall–Kier alpha value is -1.95. The molecule has 20 heavy (non-hydrogen) atoms. The number of benzene rings is 1. The van der Waals surface area contributed by atoms with Crippen LogP contribution in [0.3, 0.4) is 0 Å². The van der Waals surface area contributed by atoms with Gasteiger partial charge < -0.3 is 24.1 Å². The van der Waals surface area contributed by atoms with E-state index in [-0.39, 0.29) is 19.2 Å². The lowest BCUT2D eigenvalue weighted by Gasteiger charge is -2.16. The molecule has 0 aromatic heterocycles. The molecule has 2 unspecified atom stereocenters. The van der Waals surface area contributed by atoms with Crippen LogP contribution < -0.4 is 14.2 Å². The lowest BCUT2D eigenvalue weighted by molar-refractivity contribution is -0.145. The minimum atomic E-state index is -0.813. The highest BCUT2D eigenvalue weighted by Crippen LogP contribution is 2.43. The Labute approximate surface area is 117 Å². The normalized spacial score (nSPS) is 15.6. The molecule has 1 aliphatic heterocycles. The summed E-state index contributed by atoms with van der Waals surface area (Å²) < 4.78 is 20.5. The number of carbonyl (C=O) groups is 1. The highest BCUT2D eigenvalue weighted by atomic mass is 16.7. The van der Waals surface area contributed by atoms with Gasteiger partial charge in [-0.25, -0.2) is 0 Å². The zero-order valence-electron chi connectivity index (χ0n) is 11.7. The van der Waals surface area contributed by atoms with Gasteiger partial charge in [-0.15, -0.1) is 0 Å². The predicted octanol–water partition coefficient (Wildman–Crippen LogP) is 1.66. The monoisotopic (exact) mass is 282 g/mol. The standard InChI is InChI=1S/C14H18O6/c1-8(14(16)18-3)4-10(15)9-5-11(17-2)13-12(6-9)19-7-20-13/h5-6,8,10,15H,4,7H2,1-3H3. The predicted molar refractivity (Wildman–Crippen MR) is 69.9 cm³/mol. The number of hydrogen-bond acceptors (Lipinski definition) is 6. The van der Waals surface area contributed by atoms with E-state index in [2.05, 4.69) is 4.74 Å². The van der Waals surface area contributed by atoms with Crippen LogP contribution in [0.2, 0.25) is 0 Å². The fraction of sp³-hybridized carbons (Fsp3) is 0.500. The molecule has 0 radical (unpaired) electrons. The Morgan fingerprint density at radius 2 is 2.15 bits per heavy atom. The van der Waals surface area contributed by atoms with Crippen LogP contribution in [0.5, 0.6) is 17.2 Å². The fourth-order valence-corrected chi connectivity index (χ4v) is 2.11. The number of fused-ring (bicyclic) bond motifs is 1. The van der Waals surface area contributed by atoms with Crippen LogP contribution in [0.25, 0.3) is 0 Å². The van der Waals surface area contributed by atoms with E-state index < -0.39 is 12.0 Å². The molecule has 0 saturated heterocycles. The lowest BCUT2D eigenvalue weighted by Crippen LogP contribution is -2.16. The van der Waals surface area contributed by atoms with Crippen molar-refractivity contribution < 1.29 is 28.8 Å². The molecule has 2 rings (SSSR count). The van der Waals surface area contributed by atoms with Crippen molar-refractivity contribution >= 4 is 5.97 Å². The number of carbonyl (C=O) groups excluding carboxylic acids is 1. The van der Waals surface area contributed by atoms with E-state index in [1.807, 2.05) is 0 Å². The van der Waals surface area contributed by atoms with E-state index in [1.165, 1.54) is 14.2 Å². The van der Waals surface area contributed by atoms with Gasteiger partial charge in [0.25, 0.3) is 0 Å². The number of rotatable bonds is 5. The molecule has 110 valence electrons. The SMILES string of the molecule is COC(=O)C(C)CC(O)c1cc(OC)c2c(c1)OCO2. The molecule has 0 aliphatic carbocycles. The van der Waals surface area contributed by atoms with Gasteiger partial charge in [-0.2, -0.15) is 0 Å². The Kier molecular flexibility index (Phi) is 4.34. The minimum absolute atomic E-state index is 0.129. The van der Waals surface area contributed by atoms with E-state index in [0.717, 1.165) is 0 Å². The molecule has 6 nitrogen and oxygen atoms in total. The largest absolute Gasteiger partial charge is 0.493 e. The zero-order valence-corrected chi connectivity index (χ0v) is 11.7. The van der Waals surface area contributed by atoms with Gasteiger partial charge in [-0.3, -0.25) is 4.79 Å². The second-order valence-electron chi connectivity index (χ2n) is 4.63. The zero-order chi connectivity index (χ0) is 14.7. The van der Waals surface area contributed by atoms with Crippen LogP contribution in [0.1, 0.15) is 25.0 Å². The summed E-state index contributed by atoms with van der Waals surface area (Å²) in [4.78, 5) is 11.4. The summed E-state index contributed by atoms with van der Waals surface area (Å²) in [6.45, 7) is 1.84. The number of esters is 1. The molecule has 0 saturated carbocycles. The highest BCUT2D eigenvalue weighted by molar-refractivity contribution is 5.71. The molecule has 1 aromatic carbocycles. The van der Waals surface area contributed by atoms with Crippen LogP contribution in [0.4, 0.5) is 0 Å². The third kappa shape index (κ3) is 2.80. The quantitative estimate of drug-likeness (QED) is 0.828. The topological polar surface area (TPSA) is 74.2 Å². The molecule has 0 spiro atoms. The molecule has 0 amide bonds. The number of methoxy groups -OCH3 is 2. The fourth-order valence-electron chi connectivity index (χ4n) is 2.11. The van der Waals surface area contributed by atoms with Crippen molar-refractivity contribution in [3.63, 3.8) is 0 Å². The van der Waals surface area contributed by atoms with Crippen LogP contribution in [-0.2, 0) is 9.53 Å². The summed E-state index contributed by atoms with van der Waals surface area (Å²) in [6, 6.07) is 3.38. The third-order valence-corrected chi connectivity index (χ3v) is 3.25. The van der Waals surface area contributed by atoms with Crippen molar-refractivity contribution in [2.75, 3.05) is 21.0 Å². The maximum Gasteiger partial charge on any atom is 0.308 e. The van der Waals surface area contributed by atoms with E-state index >= 15 is 0 Å². The molecule has 1 heterocycles. The summed E-state index contributed by atoms with van der Waals surface area (Å²) >= 11 is 0. The molecular weight excluding hydrogens is 264 g/mol. The first-order valence-electron chi connectivity index (χ1n) is 6.30. The molecule has 2 atom stereocenters. The second kappa shape index (κ2) is 6.00. The second-order valence-corrected chi connectivity index (χ2v) is 4.63. The minimum Gasteiger partial charge on any atom is -0.493 e. The number of aliphatic hydroxyl groups is 1. The molecule has 0 fully saturated rings.